The molecule has 0 aromatic carbocycles. The van der Waals surface area contributed by atoms with E-state index in [1.165, 1.54) is 0 Å². The van der Waals surface area contributed by atoms with Gasteiger partial charge in [0.25, 0.3) is 0 Å². The number of hydrogen-bond acceptors (Lipinski definition) is 5. The fourth-order valence-corrected chi connectivity index (χ4v) is 1.33. The Morgan fingerprint density at radius 1 is 1.28 bits per heavy atom. The van der Waals surface area contributed by atoms with E-state index in [1.54, 1.807) is 6.29 Å². The van der Waals surface area contributed by atoms with Crippen molar-refractivity contribution in [2.45, 2.75) is 44.2 Å². The van der Waals surface area contributed by atoms with Gasteiger partial charge in [-0.15, -0.1) is 0 Å². The minimum absolute atomic E-state index is 0.0253. The summed E-state index contributed by atoms with van der Waals surface area (Å²) in [5.74, 6) is -1.54. The molecule has 103 valence electrons. The minimum atomic E-state index is -1.15. The molecular weight excluding hydrogens is 238 g/mol. The van der Waals surface area contributed by atoms with E-state index in [0.717, 1.165) is 12.8 Å². The summed E-state index contributed by atoms with van der Waals surface area (Å²) < 4.78 is 0. The van der Waals surface area contributed by atoms with Gasteiger partial charge in [0, 0.05) is 6.42 Å². The number of unbranched alkanes of at least 4 members (excludes halogenated alkanes) is 1. The number of nitrogens with two attached hydrogens (primary N) is 2. The van der Waals surface area contributed by atoms with Crippen LogP contribution in [0.5, 0.6) is 0 Å². The summed E-state index contributed by atoms with van der Waals surface area (Å²) in [7, 11) is 0. The van der Waals surface area contributed by atoms with E-state index in [-0.39, 0.29) is 12.8 Å². The molecule has 0 fully saturated rings. The summed E-state index contributed by atoms with van der Waals surface area (Å²) in [5.41, 5.74) is 10.6. The van der Waals surface area contributed by atoms with E-state index in [0.29, 0.717) is 13.0 Å². The highest BCUT2D eigenvalue weighted by Gasteiger charge is 2.16. The number of carboxylic acids is 1. The lowest BCUT2D eigenvalue weighted by Gasteiger charge is -2.12. The molecular formula is C11H20N3O4. The number of amides is 1. The maximum atomic E-state index is 11.4. The zero-order valence-electron chi connectivity index (χ0n) is 10.2. The van der Waals surface area contributed by atoms with Gasteiger partial charge in [0.2, 0.25) is 12.2 Å². The average Bonchev–Trinajstić information content (AvgIpc) is 2.34. The van der Waals surface area contributed by atoms with Crippen LogP contribution in [0.15, 0.2) is 0 Å². The Bertz CT molecular complexity index is 283. The zero-order valence-corrected chi connectivity index (χ0v) is 10.2. The molecule has 0 spiro atoms. The summed E-state index contributed by atoms with van der Waals surface area (Å²) in [6.45, 7) is 0.535. The Labute approximate surface area is 106 Å². The molecule has 0 bridgehead atoms. The quantitative estimate of drug-likeness (QED) is 0.367. The van der Waals surface area contributed by atoms with Crippen LogP contribution in [-0.2, 0) is 14.4 Å². The molecule has 0 aliphatic rings. The van der Waals surface area contributed by atoms with Crippen molar-refractivity contribution in [2.24, 2.45) is 11.5 Å². The Kier molecular flexibility index (Phi) is 8.77. The summed E-state index contributed by atoms with van der Waals surface area (Å²) in [5, 5.41) is 11.0. The first-order valence-corrected chi connectivity index (χ1v) is 5.86. The van der Waals surface area contributed by atoms with Crippen molar-refractivity contribution in [3.8, 4) is 0 Å². The molecule has 0 heterocycles. The van der Waals surface area contributed by atoms with E-state index in [9.17, 15) is 14.4 Å². The van der Waals surface area contributed by atoms with Crippen LogP contribution in [0.1, 0.15) is 32.1 Å². The molecule has 0 saturated carbocycles. The first-order chi connectivity index (χ1) is 8.51. The van der Waals surface area contributed by atoms with Crippen molar-refractivity contribution >= 4 is 18.2 Å². The highest BCUT2D eigenvalue weighted by atomic mass is 16.4. The van der Waals surface area contributed by atoms with Crippen molar-refractivity contribution in [3.63, 3.8) is 0 Å². The van der Waals surface area contributed by atoms with Crippen molar-refractivity contribution in [3.05, 3.63) is 0 Å². The Morgan fingerprint density at radius 3 is 2.44 bits per heavy atom. The molecule has 1 amide bonds. The average molecular weight is 258 g/mol. The largest absolute Gasteiger partial charge is 0.480 e. The second-order valence-corrected chi connectivity index (χ2v) is 4.01. The third-order valence-corrected chi connectivity index (χ3v) is 2.42. The van der Waals surface area contributed by atoms with Gasteiger partial charge in [0.15, 0.2) is 0 Å². The molecule has 0 aliphatic heterocycles. The fraction of sp³-hybridized carbons (Fsp3) is 0.727. The van der Waals surface area contributed by atoms with Gasteiger partial charge < -0.3 is 21.9 Å². The number of aliphatic carboxylic acids is 1. The van der Waals surface area contributed by atoms with Crippen LogP contribution < -0.4 is 16.8 Å². The van der Waals surface area contributed by atoms with Crippen LogP contribution in [0.3, 0.4) is 0 Å². The van der Waals surface area contributed by atoms with Gasteiger partial charge in [-0.3, -0.25) is 14.4 Å². The Morgan fingerprint density at radius 2 is 1.94 bits per heavy atom. The van der Waals surface area contributed by atoms with Crippen LogP contribution >= 0.6 is 0 Å². The number of hydrogen-bond donors (Lipinski definition) is 4. The fourth-order valence-electron chi connectivity index (χ4n) is 1.33. The lowest BCUT2D eigenvalue weighted by molar-refractivity contribution is -0.138. The standard InChI is InChI=1S/C11H20N3O4/c12-6-2-1-3-8(7-15)14-10(16)5-4-9(13)11(17)18/h8-9H,1-6,12-13H2,(H,14,16)(H,17,18)/t8-,9-/m0/s1. The van der Waals surface area contributed by atoms with Gasteiger partial charge in [-0.2, -0.15) is 0 Å². The third-order valence-electron chi connectivity index (χ3n) is 2.42. The third kappa shape index (κ3) is 7.75. The SMILES string of the molecule is NCCCC[C@@H]([C]=O)NC(=O)CC[C@H](N)C(=O)O. The van der Waals surface area contributed by atoms with Gasteiger partial charge in [-0.05, 0) is 32.2 Å². The molecule has 1 radical (unpaired) electrons. The van der Waals surface area contributed by atoms with Crippen LogP contribution in [0.25, 0.3) is 0 Å². The molecule has 2 atom stereocenters. The predicted molar refractivity (Wildman–Crippen MR) is 65.4 cm³/mol. The zero-order chi connectivity index (χ0) is 14.0. The van der Waals surface area contributed by atoms with Crippen LogP contribution in [-0.4, -0.2) is 41.9 Å². The van der Waals surface area contributed by atoms with Gasteiger partial charge in [0.1, 0.15) is 6.04 Å². The van der Waals surface area contributed by atoms with Crippen LogP contribution in [0.2, 0.25) is 0 Å². The topological polar surface area (TPSA) is 136 Å². The lowest BCUT2D eigenvalue weighted by atomic mass is 10.1. The molecule has 0 unspecified atom stereocenters. The van der Waals surface area contributed by atoms with Crippen molar-refractivity contribution < 1.29 is 19.5 Å². The normalized spacial score (nSPS) is 13.7. The van der Waals surface area contributed by atoms with E-state index < -0.39 is 24.0 Å². The van der Waals surface area contributed by atoms with Gasteiger partial charge in [-0.1, -0.05) is 0 Å². The van der Waals surface area contributed by atoms with Crippen LogP contribution in [0, 0.1) is 0 Å². The van der Waals surface area contributed by atoms with E-state index >= 15 is 0 Å². The molecule has 0 rings (SSSR count). The van der Waals surface area contributed by atoms with E-state index in [1.807, 2.05) is 0 Å². The molecule has 7 nitrogen and oxygen atoms in total. The van der Waals surface area contributed by atoms with E-state index in [2.05, 4.69) is 5.32 Å². The number of nitrogens with one attached hydrogen (secondary N) is 1. The van der Waals surface area contributed by atoms with Gasteiger partial charge in [-0.25, -0.2) is 0 Å². The van der Waals surface area contributed by atoms with Crippen molar-refractivity contribution in [2.75, 3.05) is 6.54 Å². The van der Waals surface area contributed by atoms with Crippen molar-refractivity contribution in [1.82, 2.24) is 5.32 Å². The maximum Gasteiger partial charge on any atom is 0.320 e. The van der Waals surface area contributed by atoms with Crippen molar-refractivity contribution in [1.29, 1.82) is 0 Å². The first-order valence-electron chi connectivity index (χ1n) is 5.86. The molecule has 18 heavy (non-hydrogen) atoms. The highest BCUT2D eigenvalue weighted by Crippen LogP contribution is 2.00. The summed E-state index contributed by atoms with van der Waals surface area (Å²) >= 11 is 0. The maximum absolute atomic E-state index is 11.4. The Hall–Kier alpha value is -1.47. The summed E-state index contributed by atoms with van der Waals surface area (Å²) in [4.78, 5) is 32.4. The second kappa shape index (κ2) is 9.55. The van der Waals surface area contributed by atoms with Crippen LogP contribution in [0.4, 0.5) is 0 Å². The number of rotatable bonds is 10. The second-order valence-electron chi connectivity index (χ2n) is 4.01. The van der Waals surface area contributed by atoms with E-state index in [4.69, 9.17) is 16.6 Å². The van der Waals surface area contributed by atoms with Gasteiger partial charge >= 0.3 is 5.97 Å². The molecule has 6 N–H and O–H groups in total. The molecule has 0 aromatic rings. The summed E-state index contributed by atoms with van der Waals surface area (Å²) in [6.07, 6.45) is 3.73. The molecule has 0 saturated heterocycles. The first kappa shape index (κ1) is 16.5. The number of carbonyl (C=O) groups is 2. The molecule has 0 aliphatic carbocycles. The molecule has 0 aromatic heterocycles. The number of carboxylic acid groups (broad SMARTS) is 1. The minimum Gasteiger partial charge on any atom is -0.480 e. The van der Waals surface area contributed by atoms with Gasteiger partial charge in [0.05, 0.1) is 6.04 Å². The Balaban J connectivity index is 3.89. The smallest absolute Gasteiger partial charge is 0.320 e. The number of carbonyl (C=O) groups excluding carboxylic acids is 2. The summed E-state index contributed by atoms with van der Waals surface area (Å²) in [6, 6.07) is -1.73. The molecule has 7 heteroatoms. The lowest BCUT2D eigenvalue weighted by Crippen LogP contribution is -2.38. The monoisotopic (exact) mass is 258 g/mol. The predicted octanol–water partition coefficient (Wildman–Crippen LogP) is -1.10. The highest BCUT2D eigenvalue weighted by molar-refractivity contribution is 5.80.